The van der Waals surface area contributed by atoms with E-state index in [2.05, 4.69) is 37.7 Å². The quantitative estimate of drug-likeness (QED) is 0.144. The number of alkyl carbamates (subject to hydrolysis) is 1. The van der Waals surface area contributed by atoms with Crippen LogP contribution in [0.25, 0.3) is 22.4 Å². The number of amides is 3. The van der Waals surface area contributed by atoms with Gasteiger partial charge in [0.1, 0.15) is 17.7 Å². The molecule has 0 radical (unpaired) electrons. The van der Waals surface area contributed by atoms with Crippen LogP contribution in [-0.2, 0) is 15.7 Å². The molecule has 0 unspecified atom stereocenters. The predicted octanol–water partition coefficient (Wildman–Crippen LogP) is 6.91. The smallest absolute Gasteiger partial charge is 0.417 e. The normalized spacial score (nSPS) is 18.1. The van der Waals surface area contributed by atoms with Gasteiger partial charge >= 0.3 is 12.3 Å². The number of hydrogen-bond donors (Lipinski definition) is 4. The van der Waals surface area contributed by atoms with Gasteiger partial charge in [0.15, 0.2) is 0 Å². The van der Waals surface area contributed by atoms with Crippen LogP contribution < -0.4 is 20.9 Å². The van der Waals surface area contributed by atoms with E-state index in [0.29, 0.717) is 35.9 Å². The molecule has 0 aliphatic carbocycles. The molecule has 4 N–H and O–H groups in total. The first-order valence-electron chi connectivity index (χ1n) is 17.7. The molecule has 286 valence electrons. The van der Waals surface area contributed by atoms with Gasteiger partial charge in [0.05, 0.1) is 40.7 Å². The fourth-order valence-electron chi connectivity index (χ4n) is 6.88. The van der Waals surface area contributed by atoms with Crippen molar-refractivity contribution in [2.24, 2.45) is 5.92 Å². The van der Waals surface area contributed by atoms with Crippen LogP contribution in [0.1, 0.15) is 61.4 Å². The summed E-state index contributed by atoms with van der Waals surface area (Å²) in [7, 11) is 1.24. The maximum Gasteiger partial charge on any atom is 0.417 e. The van der Waals surface area contributed by atoms with Crippen LogP contribution in [0.5, 0.6) is 0 Å². The Bertz CT molecular complexity index is 1990. The lowest BCUT2D eigenvalue weighted by Gasteiger charge is -2.34. The highest BCUT2D eigenvalue weighted by Crippen LogP contribution is 2.42. The molecule has 0 bridgehead atoms. The molecule has 2 saturated heterocycles. The molecular formula is C38H42ClF3N8O4. The number of benzene rings is 2. The van der Waals surface area contributed by atoms with Gasteiger partial charge in [0.25, 0.3) is 5.91 Å². The molecule has 2 aromatic heterocycles. The monoisotopic (exact) mass is 766 g/mol. The van der Waals surface area contributed by atoms with E-state index in [1.807, 2.05) is 13.8 Å². The Labute approximate surface area is 315 Å². The maximum atomic E-state index is 14.5. The summed E-state index contributed by atoms with van der Waals surface area (Å²) in [6.45, 7) is 8.61. The minimum absolute atomic E-state index is 0.0660. The Morgan fingerprint density at radius 3 is 2.44 bits per heavy atom. The summed E-state index contributed by atoms with van der Waals surface area (Å²) in [6.07, 6.45) is -0.960. The summed E-state index contributed by atoms with van der Waals surface area (Å²) in [5.74, 6) is 0.204. The van der Waals surface area contributed by atoms with E-state index in [1.54, 1.807) is 47.5 Å². The number of alkyl halides is 3. The molecule has 2 aliphatic heterocycles. The summed E-state index contributed by atoms with van der Waals surface area (Å²) >= 11 is 6.49. The summed E-state index contributed by atoms with van der Waals surface area (Å²) in [6, 6.07) is 10.8. The first-order chi connectivity index (χ1) is 25.7. The van der Waals surface area contributed by atoms with Gasteiger partial charge in [-0.05, 0) is 61.1 Å². The molecular weight excluding hydrogens is 725 g/mol. The number of aromatic nitrogens is 3. The number of rotatable bonds is 9. The second-order valence-corrected chi connectivity index (χ2v) is 14.2. The number of ether oxygens (including phenoxy) is 1. The van der Waals surface area contributed by atoms with Gasteiger partial charge < -0.3 is 35.5 Å². The molecule has 2 fully saturated rings. The van der Waals surface area contributed by atoms with Crippen LogP contribution in [0.3, 0.4) is 0 Å². The minimum atomic E-state index is -4.76. The van der Waals surface area contributed by atoms with Crippen molar-refractivity contribution in [3.63, 3.8) is 0 Å². The molecule has 54 heavy (non-hydrogen) atoms. The van der Waals surface area contributed by atoms with E-state index < -0.39 is 29.8 Å². The molecule has 16 heteroatoms. The van der Waals surface area contributed by atoms with Gasteiger partial charge in [-0.15, -0.1) is 0 Å². The Morgan fingerprint density at radius 2 is 1.80 bits per heavy atom. The van der Waals surface area contributed by atoms with Gasteiger partial charge in [-0.3, -0.25) is 9.59 Å². The Hall–Kier alpha value is -5.15. The number of imidazole rings is 1. The Kier molecular flexibility index (Phi) is 11.5. The molecule has 3 atom stereocenters. The van der Waals surface area contributed by atoms with E-state index in [-0.39, 0.29) is 51.3 Å². The lowest BCUT2D eigenvalue weighted by molar-refractivity contribution is -0.137. The number of anilines is 2. The third kappa shape index (κ3) is 8.31. The zero-order valence-electron chi connectivity index (χ0n) is 30.3. The maximum absolute atomic E-state index is 14.5. The number of pyridine rings is 1. The number of hydrogen-bond acceptors (Lipinski definition) is 8. The van der Waals surface area contributed by atoms with E-state index in [1.165, 1.54) is 19.4 Å². The van der Waals surface area contributed by atoms with Crippen molar-refractivity contribution in [1.29, 1.82) is 0 Å². The second-order valence-electron chi connectivity index (χ2n) is 13.8. The third-order valence-electron chi connectivity index (χ3n) is 9.80. The van der Waals surface area contributed by atoms with E-state index in [9.17, 15) is 27.6 Å². The lowest BCUT2D eigenvalue weighted by atomic mass is 9.97. The van der Waals surface area contributed by atoms with Crippen molar-refractivity contribution in [2.45, 2.75) is 57.9 Å². The molecule has 2 aromatic carbocycles. The summed E-state index contributed by atoms with van der Waals surface area (Å²) in [5, 5.41) is 8.39. The van der Waals surface area contributed by atoms with Crippen LogP contribution in [0.2, 0.25) is 5.02 Å². The fourth-order valence-corrected chi connectivity index (χ4v) is 7.09. The number of carbonyl (C=O) groups excluding carboxylic acids is 3. The number of halogens is 4. The highest BCUT2D eigenvalue weighted by atomic mass is 35.5. The molecule has 4 heterocycles. The molecule has 12 nitrogen and oxygen atoms in total. The largest absolute Gasteiger partial charge is 0.453 e. The van der Waals surface area contributed by atoms with Crippen LogP contribution >= 0.6 is 11.6 Å². The summed E-state index contributed by atoms with van der Waals surface area (Å²) in [5.41, 5.74) is 0.310. The standard InChI is InChI=1S/C38H42ClF3N8O4/c1-21(2)33(48-37(53)54-4)36(52)50-14-5-6-31(50)34-45-20-30(46-34)24-9-7-23(8-10-24)26-16-28(39)29(17-27(26)38(40,41)42)47-35(51)25-11-12-32(44-19-25)49-15-13-43-18-22(49)3/h7-12,16-17,19-22,31,33,43H,5-6,13-15,18H2,1-4H3,(H,45,46)(H,47,51)(H,48,53)/t22-,31+,33+/m1/s1. The van der Waals surface area contributed by atoms with Crippen molar-refractivity contribution >= 4 is 41.0 Å². The predicted molar refractivity (Wildman–Crippen MR) is 199 cm³/mol. The number of carbonyl (C=O) groups is 3. The van der Waals surface area contributed by atoms with Gasteiger partial charge in [0.2, 0.25) is 5.91 Å². The molecule has 3 amide bonds. The molecule has 2 aliphatic rings. The Morgan fingerprint density at radius 1 is 1.06 bits per heavy atom. The number of methoxy groups -OCH3 is 1. The molecule has 0 saturated carbocycles. The minimum Gasteiger partial charge on any atom is -0.453 e. The van der Waals surface area contributed by atoms with Crippen LogP contribution in [0.15, 0.2) is 60.9 Å². The van der Waals surface area contributed by atoms with Crippen LogP contribution in [0.4, 0.5) is 29.5 Å². The highest BCUT2D eigenvalue weighted by Gasteiger charge is 2.38. The van der Waals surface area contributed by atoms with Gasteiger partial charge in [-0.2, -0.15) is 13.2 Å². The number of likely N-dealkylation sites (tertiary alicyclic amines) is 1. The van der Waals surface area contributed by atoms with Crippen molar-refractivity contribution < 1.29 is 32.3 Å². The van der Waals surface area contributed by atoms with E-state index in [4.69, 9.17) is 21.3 Å². The fraction of sp³-hybridized carbons (Fsp3) is 0.395. The van der Waals surface area contributed by atoms with Crippen molar-refractivity contribution in [1.82, 2.24) is 30.5 Å². The zero-order chi connectivity index (χ0) is 38.7. The second kappa shape index (κ2) is 16.1. The van der Waals surface area contributed by atoms with Crippen LogP contribution in [0, 0.1) is 5.92 Å². The average Bonchev–Trinajstić information content (AvgIpc) is 3.85. The average molecular weight is 767 g/mol. The van der Waals surface area contributed by atoms with Crippen molar-refractivity contribution in [3.05, 3.63) is 82.9 Å². The summed E-state index contributed by atoms with van der Waals surface area (Å²) < 4.78 is 48.1. The lowest BCUT2D eigenvalue weighted by Crippen LogP contribution is -2.51. The first kappa shape index (κ1) is 38.6. The number of nitrogens with one attached hydrogen (secondary N) is 4. The highest BCUT2D eigenvalue weighted by molar-refractivity contribution is 6.34. The van der Waals surface area contributed by atoms with E-state index >= 15 is 0 Å². The number of aromatic amines is 1. The topological polar surface area (TPSA) is 145 Å². The number of H-pyrrole nitrogens is 1. The van der Waals surface area contributed by atoms with Gasteiger partial charge in [0, 0.05) is 50.2 Å². The van der Waals surface area contributed by atoms with Gasteiger partial charge in [-0.25, -0.2) is 14.8 Å². The summed E-state index contributed by atoms with van der Waals surface area (Å²) in [4.78, 5) is 54.6. The molecule has 6 rings (SSSR count). The van der Waals surface area contributed by atoms with Crippen molar-refractivity contribution in [3.8, 4) is 22.4 Å². The first-order valence-corrected chi connectivity index (χ1v) is 18.1. The van der Waals surface area contributed by atoms with E-state index in [0.717, 1.165) is 32.1 Å². The SMILES string of the molecule is COC(=O)N[C@H](C(=O)N1CCC[C@H]1c1nc(-c2ccc(-c3cc(Cl)c(NC(=O)c4ccc(N5CCNC[C@H]5C)nc4)cc3C(F)(F)F)cc2)c[nH]1)C(C)C. The number of piperazine rings is 1. The Balaban J connectivity index is 1.18. The number of nitrogens with zero attached hydrogens (tertiary/aromatic N) is 4. The molecule has 4 aromatic rings. The molecule has 0 spiro atoms. The van der Waals surface area contributed by atoms with Crippen LogP contribution in [-0.4, -0.2) is 83.1 Å². The third-order valence-corrected chi connectivity index (χ3v) is 10.1. The zero-order valence-corrected chi connectivity index (χ0v) is 31.0. The van der Waals surface area contributed by atoms with Crippen molar-refractivity contribution in [2.75, 3.05) is 43.5 Å². The van der Waals surface area contributed by atoms with Gasteiger partial charge in [-0.1, -0.05) is 49.7 Å².